The van der Waals surface area contributed by atoms with Crippen molar-refractivity contribution in [3.8, 4) is 0 Å². The van der Waals surface area contributed by atoms with Gasteiger partial charge in [0.05, 0.1) is 29.8 Å². The number of nitrogens with one attached hydrogen (secondary N) is 3. The number of ketones is 3. The Morgan fingerprint density at radius 3 is 1.05 bits per heavy atom. The van der Waals surface area contributed by atoms with E-state index in [1.165, 1.54) is 11.8 Å². The van der Waals surface area contributed by atoms with Crippen LogP contribution in [0.4, 0.5) is 0 Å². The molecule has 22 heteroatoms. The van der Waals surface area contributed by atoms with Crippen LogP contribution < -0.4 is 16.0 Å². The Balaban J connectivity index is 0.000000150. The highest BCUT2D eigenvalue weighted by molar-refractivity contribution is 8.13. The molecule has 33 atom stereocenters. The van der Waals surface area contributed by atoms with E-state index in [0.717, 1.165) is 114 Å². The lowest BCUT2D eigenvalue weighted by molar-refractivity contribution is -0.173. The lowest BCUT2D eigenvalue weighted by Gasteiger charge is -2.63. The number of benzene rings is 1. The van der Waals surface area contributed by atoms with Crippen LogP contribution in [-0.2, 0) is 47.9 Å². The molecule has 15 aliphatic carbocycles. The zero-order chi connectivity index (χ0) is 89.4. The minimum absolute atomic E-state index is 0.00820. The molecule has 1 aromatic rings. The molecule has 6 spiro atoms. The normalized spacial score (nSPS) is 48.1. The van der Waals surface area contributed by atoms with Gasteiger partial charge in [-0.3, -0.25) is 37.7 Å². The molecule has 0 saturated heterocycles. The number of hydrogen-bond donors (Lipinski definition) is 7. The topological polar surface area (TPSA) is 269 Å². The first-order valence-corrected chi connectivity index (χ1v) is 50.3. The minimum Gasteiger partial charge on any atom is -0.393 e. The smallest absolute Gasteiger partial charge is 0.296 e. The van der Waals surface area contributed by atoms with Gasteiger partial charge in [-0.05, 0) is 293 Å². The number of hydrogen-bond acceptors (Lipinski definition) is 18. The lowest BCUT2D eigenvalue weighted by atomic mass is 9.41. The molecule has 1 aromatic carbocycles. The van der Waals surface area contributed by atoms with Gasteiger partial charge >= 0.3 is 0 Å². The molecule has 19 nitrogen and oxygen atoms in total. The molecule has 0 radical (unpaired) electrons. The number of aryl methyl sites for hydroxylation is 1. The van der Waals surface area contributed by atoms with Crippen LogP contribution in [0.2, 0.25) is 0 Å². The Morgan fingerprint density at radius 2 is 0.752 bits per heavy atom. The van der Waals surface area contributed by atoms with E-state index in [1.54, 1.807) is 31.2 Å². The van der Waals surface area contributed by atoms with Crippen molar-refractivity contribution in [2.24, 2.45) is 152 Å². The van der Waals surface area contributed by atoms with Crippen LogP contribution in [0.5, 0.6) is 0 Å². The number of amides is 3. The van der Waals surface area contributed by atoms with Crippen LogP contribution in [0.25, 0.3) is 0 Å². The van der Waals surface area contributed by atoms with E-state index in [0.29, 0.717) is 73.0 Å². The Kier molecular flexibility index (Phi) is 24.0. The van der Waals surface area contributed by atoms with Gasteiger partial charge in [0.1, 0.15) is 17.3 Å². The van der Waals surface area contributed by atoms with Crippen molar-refractivity contribution in [3.05, 3.63) is 29.8 Å². The van der Waals surface area contributed by atoms with Crippen LogP contribution in [0.15, 0.2) is 29.2 Å². The van der Waals surface area contributed by atoms with Crippen LogP contribution in [0.1, 0.15) is 272 Å². The number of aliphatic hydroxyl groups excluding tert-OH is 3. The first-order chi connectivity index (χ1) is 56.0. The quantitative estimate of drug-likeness (QED) is 0.0501. The maximum absolute atomic E-state index is 14.8. The molecule has 680 valence electrons. The molecule has 0 bridgehead atoms. The average molecular weight is 1740 g/mol. The second kappa shape index (κ2) is 30.9. The molecule has 0 aliphatic heterocycles. The minimum atomic E-state index is -4.03. The summed E-state index contributed by atoms with van der Waals surface area (Å²) < 4.78 is 32.9. The summed E-state index contributed by atoms with van der Waals surface area (Å²) in [6.45, 7) is 42.4. The Hall–Kier alpha value is -3.32. The molecule has 9 unspecified atom stereocenters. The number of aliphatic hydroxyl groups is 3. The fourth-order valence-electron chi connectivity index (χ4n) is 34.2. The predicted octanol–water partition coefficient (Wildman–Crippen LogP) is 14.9. The van der Waals surface area contributed by atoms with Crippen LogP contribution in [0, 0.1) is 159 Å². The van der Waals surface area contributed by atoms with E-state index in [-0.39, 0.29) is 200 Å². The molecular weight excluding hydrogens is 1580 g/mol. The molecule has 15 fully saturated rings. The molecule has 15 aliphatic rings. The van der Waals surface area contributed by atoms with Crippen LogP contribution in [0.3, 0.4) is 0 Å². The van der Waals surface area contributed by atoms with Crippen molar-refractivity contribution in [1.82, 2.24) is 30.7 Å². The molecular formula is C99H158N6O13S3. The van der Waals surface area contributed by atoms with Crippen LogP contribution in [-0.4, -0.2) is 194 Å². The number of Topliss-reactive ketones (excluding diaryl/α,β-unsaturated/α-hetero) is 3. The molecule has 0 aromatic heterocycles. The number of thiol groups is 1. The van der Waals surface area contributed by atoms with E-state index in [1.807, 2.05) is 48.5 Å². The number of carbonyl (C=O) groups excluding carboxylic acids is 7. The van der Waals surface area contributed by atoms with Crippen molar-refractivity contribution < 1.29 is 61.5 Å². The highest BCUT2D eigenvalue weighted by atomic mass is 32.2. The summed E-state index contributed by atoms with van der Waals surface area (Å²) in [5, 5.41) is 44.8. The maximum Gasteiger partial charge on any atom is 0.296 e. The highest BCUT2D eigenvalue weighted by Crippen LogP contribution is 2.92. The first-order valence-electron chi connectivity index (χ1n) is 47.2. The van der Waals surface area contributed by atoms with Gasteiger partial charge in [-0.1, -0.05) is 133 Å². The Labute approximate surface area is 737 Å². The third-order valence-corrected chi connectivity index (χ3v) is 44.6. The lowest BCUT2D eigenvalue weighted by Crippen LogP contribution is -2.64. The van der Waals surface area contributed by atoms with Crippen molar-refractivity contribution >= 4 is 74.7 Å². The average Bonchev–Trinajstić information content (AvgIpc) is 1.47. The Bertz CT molecular complexity index is 4370. The number of nitrogens with zero attached hydrogens (tertiary/aromatic N) is 3. The third-order valence-electron chi connectivity index (χ3n) is 41.4. The van der Waals surface area contributed by atoms with Crippen molar-refractivity contribution in [2.75, 3.05) is 60.4 Å². The van der Waals surface area contributed by atoms with Crippen molar-refractivity contribution in [2.45, 2.75) is 333 Å². The number of fused-ring (bicyclic) bond motifs is 6. The summed E-state index contributed by atoms with van der Waals surface area (Å²) in [6, 6.07) is 7.12. The van der Waals surface area contributed by atoms with E-state index in [4.69, 9.17) is 16.8 Å². The third kappa shape index (κ3) is 13.0. The van der Waals surface area contributed by atoms with Crippen molar-refractivity contribution in [1.29, 1.82) is 0 Å². The van der Waals surface area contributed by atoms with Gasteiger partial charge in [0.25, 0.3) is 10.1 Å². The predicted molar refractivity (Wildman–Crippen MR) is 480 cm³/mol. The second-order valence-electron chi connectivity index (χ2n) is 47.5. The fraction of sp³-hybridized carbons (Fsp3) is 0.869. The second-order valence-corrected chi connectivity index (χ2v) is 50.6. The molecule has 6 N–H and O–H groups in total. The Morgan fingerprint density at radius 1 is 0.463 bits per heavy atom. The largest absolute Gasteiger partial charge is 0.393 e. The molecule has 121 heavy (non-hydrogen) atoms. The SMILES string of the molecule is CC(=O)SC[C@@]1(C)C2CCC3[C@]4(C)C[C@@H](O)[C@H]([C@H](C)N(C)C)[C@@]4(C)CC(=O)[C@]34CC24CC[C@@H]1NC(=O)C(C)C.CC(C)C(=O)N[C@H]1CCC23C[C@]24C(=O)C[C@]2(C)[C@@H]([C@H](C)N(C)C)[C@H](O)C[C@@]2(C)C4CCC3[C@]1(C)CS.Cc1ccc(S(=O)(=O)OC[C@@]2(C)C3CCC4[C@]5(C)C[C@@H](O)[C@H]([C@H](C)N(C)C)[C@@]5(C)CC(=O)[C@]45CC35CC[C@@H]2NC(=O)C(C)C)cc1. The summed E-state index contributed by atoms with van der Waals surface area (Å²) >= 11 is 6.26. The zero-order valence-electron chi connectivity index (χ0n) is 78.9. The summed E-state index contributed by atoms with van der Waals surface area (Å²) in [6.07, 6.45) is 16.6. The van der Waals surface area contributed by atoms with Gasteiger partial charge in [0.2, 0.25) is 17.7 Å². The summed E-state index contributed by atoms with van der Waals surface area (Å²) in [4.78, 5) is 101. The molecule has 0 heterocycles. The summed E-state index contributed by atoms with van der Waals surface area (Å²) in [5.41, 5.74) is -2.37. The van der Waals surface area contributed by atoms with E-state index in [2.05, 4.69) is 156 Å². The zero-order valence-corrected chi connectivity index (χ0v) is 81.5. The summed E-state index contributed by atoms with van der Waals surface area (Å²) in [5.74, 6) is 4.22. The number of thioether (sulfide) groups is 1. The van der Waals surface area contributed by atoms with Gasteiger partial charge in [-0.25, -0.2) is 0 Å². The van der Waals surface area contributed by atoms with Gasteiger partial charge in [0.15, 0.2) is 5.12 Å². The monoisotopic (exact) mass is 1740 g/mol. The highest BCUT2D eigenvalue weighted by Gasteiger charge is 2.90. The van der Waals surface area contributed by atoms with E-state index < -0.39 is 33.2 Å². The van der Waals surface area contributed by atoms with Gasteiger partial charge in [0, 0.05) is 131 Å². The van der Waals surface area contributed by atoms with Crippen molar-refractivity contribution in [3.63, 3.8) is 0 Å². The summed E-state index contributed by atoms with van der Waals surface area (Å²) in [7, 11) is 8.44. The standard InChI is InChI=1S/C37H56N2O6S.C32H52N2O4S.C30H50N2O3S/c1-22(2)32(42)38-29-16-17-36-20-37(36)28(34(6)18-26(40)31(24(4)39(8)9)35(34,7)19-30(37)41)15-14-27(36)33(29,5)21-45-46(43,44)25-12-10-23(3)11-13-25;1-18(2)27(38)33-24-12-13-31-16-32(31)23(11-10-22(31)28(24,5)17-39-20(4)35)29(6)14-21(36)26(19(3)34(8)9)30(29,7)15-25(32)37;1-17(2)25(35)31-22-11-12-29-15-30(29)21(10-9-20(29)26(22,4)16-36)27(5)13-19(33)24(18(3)32(7)8)28(27,6)14-23(30)34/h10-13,22,24,26-29,31,40H,14-21H2,1-9H3,(H,38,42);18-19,21-24,26,36H,10-17H2,1-9H3,(H,33,38);17-22,24,33,36H,9-16H2,1-8H3,(H,31,35)/t24-,26+,27?,28?,29-,31-,33-,34-,35+,36?,37-;19-,21+,22?,23?,24-,26-,28-,29-,30+,31?,32-;18-,19+,20?,21?,22-,24-,26-,27-,28+,29?,30-/m000/s1. The fourth-order valence-corrected chi connectivity index (χ4v) is 36.5. The molecule has 16 rings (SSSR count). The van der Waals surface area contributed by atoms with Gasteiger partial charge in [-0.2, -0.15) is 21.0 Å². The first kappa shape index (κ1) is 93.8. The van der Waals surface area contributed by atoms with Gasteiger partial charge < -0.3 is 46.0 Å². The number of carbonyl (C=O) groups is 7. The van der Waals surface area contributed by atoms with E-state index >= 15 is 0 Å². The molecule has 3 amide bonds. The van der Waals surface area contributed by atoms with Crippen LogP contribution >= 0.6 is 24.4 Å². The molecule has 15 saturated carbocycles. The maximum atomic E-state index is 14.8. The van der Waals surface area contributed by atoms with Gasteiger partial charge in [-0.15, -0.1) is 0 Å². The number of rotatable bonds is 19. The van der Waals surface area contributed by atoms with E-state index in [9.17, 15) is 57.3 Å².